The number of hydrogen-bond acceptors (Lipinski definition) is 10. The quantitative estimate of drug-likeness (QED) is 0.228. The zero-order chi connectivity index (χ0) is 21.4. The van der Waals surface area contributed by atoms with Crippen LogP contribution in [-0.4, -0.2) is 53.4 Å². The fraction of sp³-hybridized carbons (Fsp3) is 0.471. The summed E-state index contributed by atoms with van der Waals surface area (Å²) in [5.41, 5.74) is -3.01. The van der Waals surface area contributed by atoms with Gasteiger partial charge in [-0.25, -0.2) is 14.4 Å². The molecule has 0 aromatic carbocycles. The van der Waals surface area contributed by atoms with Crippen LogP contribution >= 0.6 is 0 Å². The molecule has 0 aliphatic carbocycles. The Morgan fingerprint density at radius 2 is 1.33 bits per heavy atom. The minimum atomic E-state index is -3.01. The van der Waals surface area contributed by atoms with Crippen LogP contribution in [0.2, 0.25) is 0 Å². The van der Waals surface area contributed by atoms with Crippen molar-refractivity contribution in [3.63, 3.8) is 0 Å². The van der Waals surface area contributed by atoms with Crippen LogP contribution in [0.5, 0.6) is 0 Å². The summed E-state index contributed by atoms with van der Waals surface area (Å²) in [5, 5.41) is 0. The van der Waals surface area contributed by atoms with E-state index in [0.29, 0.717) is 12.2 Å². The van der Waals surface area contributed by atoms with Gasteiger partial charge in [-0.05, 0) is 27.7 Å². The first-order chi connectivity index (χ1) is 12.4. The van der Waals surface area contributed by atoms with Gasteiger partial charge in [-0.15, -0.1) is 0 Å². The Balaban J connectivity index is 6.20. The van der Waals surface area contributed by atoms with Crippen LogP contribution in [0.25, 0.3) is 0 Å². The molecule has 0 N–H and O–H groups in total. The molecule has 148 valence electrons. The summed E-state index contributed by atoms with van der Waals surface area (Å²) >= 11 is 0. The van der Waals surface area contributed by atoms with Crippen LogP contribution in [0.4, 0.5) is 0 Å². The summed E-state index contributed by atoms with van der Waals surface area (Å²) in [4.78, 5) is 82.8. The minimum absolute atomic E-state index is 0.0251. The van der Waals surface area contributed by atoms with Crippen LogP contribution in [0.1, 0.15) is 34.6 Å². The van der Waals surface area contributed by atoms with Gasteiger partial charge >= 0.3 is 23.9 Å². The van der Waals surface area contributed by atoms with Crippen LogP contribution in [-0.2, 0) is 47.8 Å². The van der Waals surface area contributed by atoms with Crippen molar-refractivity contribution in [1.29, 1.82) is 0 Å². The fourth-order valence-corrected chi connectivity index (χ4v) is 2.22. The Hall–Kier alpha value is -3.17. The maximum absolute atomic E-state index is 12.4. The normalized spacial score (nSPS) is 12.8. The summed E-state index contributed by atoms with van der Waals surface area (Å²) in [6.45, 7) is 4.95. The Morgan fingerprint density at radius 3 is 1.70 bits per heavy atom. The molecule has 0 spiro atoms. The Morgan fingerprint density at radius 1 is 0.852 bits per heavy atom. The largest absolute Gasteiger partial charge is 0.463 e. The van der Waals surface area contributed by atoms with Gasteiger partial charge in [-0.1, -0.05) is 0 Å². The molecular weight excluding hydrogens is 364 g/mol. The van der Waals surface area contributed by atoms with Crippen molar-refractivity contribution in [3.8, 4) is 0 Å². The Labute approximate surface area is 154 Å². The average Bonchev–Trinajstić information content (AvgIpc) is 2.50. The smallest absolute Gasteiger partial charge is 0.367 e. The summed E-state index contributed by atoms with van der Waals surface area (Å²) in [7, 11) is 0. The van der Waals surface area contributed by atoms with Crippen molar-refractivity contribution in [2.24, 2.45) is 5.92 Å². The molecule has 27 heavy (non-hydrogen) atoms. The van der Waals surface area contributed by atoms with E-state index in [2.05, 4.69) is 9.47 Å². The van der Waals surface area contributed by atoms with Gasteiger partial charge in [-0.2, -0.15) is 0 Å². The van der Waals surface area contributed by atoms with Crippen LogP contribution in [0, 0.1) is 5.92 Å². The van der Waals surface area contributed by atoms with Gasteiger partial charge in [0.15, 0.2) is 5.78 Å². The second-order valence-electron chi connectivity index (χ2n) is 5.33. The lowest BCUT2D eigenvalue weighted by Crippen LogP contribution is -2.60. The molecule has 0 radical (unpaired) electrons. The molecule has 10 nitrogen and oxygen atoms in total. The molecule has 10 heteroatoms. The number of ketones is 3. The molecular formula is C17H20O10. The third-order valence-corrected chi connectivity index (χ3v) is 3.19. The molecule has 0 saturated carbocycles. The van der Waals surface area contributed by atoms with Gasteiger partial charge in [0.1, 0.15) is 17.5 Å². The molecule has 0 rings (SSSR count). The van der Waals surface area contributed by atoms with Crippen molar-refractivity contribution in [1.82, 2.24) is 0 Å². The van der Waals surface area contributed by atoms with E-state index in [9.17, 15) is 33.6 Å². The first kappa shape index (κ1) is 23.8. The highest BCUT2D eigenvalue weighted by Crippen LogP contribution is 2.28. The van der Waals surface area contributed by atoms with Crippen LogP contribution in [0.3, 0.4) is 0 Å². The number of hydrogen-bond donors (Lipinski definition) is 0. The average molecular weight is 384 g/mol. The second-order valence-corrected chi connectivity index (χ2v) is 5.33. The lowest BCUT2D eigenvalue weighted by Gasteiger charge is -2.32. The number of carbonyl (C=O) groups is 7. The zero-order valence-corrected chi connectivity index (χ0v) is 15.5. The van der Waals surface area contributed by atoms with Crippen molar-refractivity contribution >= 4 is 41.2 Å². The maximum Gasteiger partial charge on any atom is 0.367 e. The van der Waals surface area contributed by atoms with E-state index in [1.165, 1.54) is 6.92 Å². The molecule has 0 heterocycles. The second kappa shape index (κ2) is 10.1. The van der Waals surface area contributed by atoms with Gasteiger partial charge in [0.05, 0.1) is 6.61 Å². The molecule has 0 amide bonds. The summed E-state index contributed by atoms with van der Waals surface area (Å²) in [6, 6.07) is 0. The summed E-state index contributed by atoms with van der Waals surface area (Å²) < 4.78 is 13.7. The van der Waals surface area contributed by atoms with E-state index in [-0.39, 0.29) is 6.61 Å². The van der Waals surface area contributed by atoms with Crippen LogP contribution in [0.15, 0.2) is 12.2 Å². The van der Waals surface area contributed by atoms with Crippen molar-refractivity contribution in [3.05, 3.63) is 12.2 Å². The van der Waals surface area contributed by atoms with E-state index < -0.39 is 52.7 Å². The molecule has 0 bridgehead atoms. The highest BCUT2D eigenvalue weighted by atomic mass is 16.6. The standard InChI is InChI=1S/C17H20O10/c1-6-25-13(22)7-8-14(23)27-17(11(4)20,16(24)26-12(5)21)15(9(2)18)10(3)19/h7-8,15H,6H2,1-5H3. The molecule has 1 unspecified atom stereocenters. The highest BCUT2D eigenvalue weighted by Gasteiger charge is 2.59. The van der Waals surface area contributed by atoms with Gasteiger partial charge in [-0.3, -0.25) is 19.2 Å². The van der Waals surface area contributed by atoms with Crippen LogP contribution < -0.4 is 0 Å². The first-order valence-electron chi connectivity index (χ1n) is 7.72. The molecule has 0 fully saturated rings. The lowest BCUT2D eigenvalue weighted by atomic mass is 9.78. The van der Waals surface area contributed by atoms with Crippen molar-refractivity contribution in [2.75, 3.05) is 6.61 Å². The summed E-state index contributed by atoms with van der Waals surface area (Å²) in [6.07, 6.45) is 1.19. The topological polar surface area (TPSA) is 147 Å². The molecule has 0 aliphatic rings. The van der Waals surface area contributed by atoms with Crippen molar-refractivity contribution in [2.45, 2.75) is 40.2 Å². The van der Waals surface area contributed by atoms with E-state index in [1.807, 2.05) is 0 Å². The maximum atomic E-state index is 12.4. The van der Waals surface area contributed by atoms with Gasteiger partial charge < -0.3 is 14.2 Å². The number of esters is 4. The zero-order valence-electron chi connectivity index (χ0n) is 15.5. The van der Waals surface area contributed by atoms with E-state index in [1.54, 1.807) is 0 Å². The first-order valence-corrected chi connectivity index (χ1v) is 7.72. The predicted octanol–water partition coefficient (Wildman–Crippen LogP) is -0.139. The Kier molecular flexibility index (Phi) is 8.91. The number of Topliss-reactive ketones (excluding diaryl/α,β-unsaturated/α-hetero) is 3. The van der Waals surface area contributed by atoms with E-state index in [0.717, 1.165) is 27.7 Å². The van der Waals surface area contributed by atoms with Gasteiger partial charge in [0, 0.05) is 19.1 Å². The minimum Gasteiger partial charge on any atom is -0.463 e. The monoisotopic (exact) mass is 384 g/mol. The SMILES string of the molecule is CCOC(=O)C=CC(=O)OC(C(C)=O)(C(=O)OC(C)=O)C(C(C)=O)C(C)=O. The number of carbonyl (C=O) groups excluding carboxylic acids is 7. The third kappa shape index (κ3) is 6.24. The van der Waals surface area contributed by atoms with E-state index >= 15 is 0 Å². The highest BCUT2D eigenvalue weighted by molar-refractivity contribution is 6.19. The Bertz CT molecular complexity index is 689. The number of rotatable bonds is 9. The number of ether oxygens (including phenoxy) is 3. The molecule has 0 aromatic heterocycles. The fourth-order valence-electron chi connectivity index (χ4n) is 2.22. The lowest BCUT2D eigenvalue weighted by molar-refractivity contribution is -0.193. The molecule has 0 saturated heterocycles. The van der Waals surface area contributed by atoms with Crippen molar-refractivity contribution < 1.29 is 47.8 Å². The summed E-state index contributed by atoms with van der Waals surface area (Å²) in [5.74, 6) is -10.4. The van der Waals surface area contributed by atoms with E-state index in [4.69, 9.17) is 4.74 Å². The third-order valence-electron chi connectivity index (χ3n) is 3.19. The molecule has 1 atom stereocenters. The molecule has 0 aliphatic heterocycles. The molecule has 0 aromatic rings. The van der Waals surface area contributed by atoms with Gasteiger partial charge in [0.25, 0.3) is 5.60 Å². The van der Waals surface area contributed by atoms with Gasteiger partial charge in [0.2, 0.25) is 0 Å². The predicted molar refractivity (Wildman–Crippen MR) is 86.9 cm³/mol.